The van der Waals surface area contributed by atoms with Crippen LogP contribution < -0.4 is 15.0 Å². The van der Waals surface area contributed by atoms with Crippen LogP contribution in [0.2, 0.25) is 0 Å². The van der Waals surface area contributed by atoms with Crippen LogP contribution in [0, 0.1) is 5.92 Å². The molecule has 1 unspecified atom stereocenters. The third kappa shape index (κ3) is 3.50. The molecule has 3 amide bonds. The van der Waals surface area contributed by atoms with Crippen LogP contribution in [0.5, 0.6) is 5.75 Å². The van der Waals surface area contributed by atoms with Gasteiger partial charge in [0.2, 0.25) is 0 Å². The highest BCUT2D eigenvalue weighted by atomic mass is 16.5. The number of carbonyl (C=O) groups is 2. The summed E-state index contributed by atoms with van der Waals surface area (Å²) in [5.41, 5.74) is 0.612. The number of carbonyl (C=O) groups excluding carboxylic acids is 2. The van der Waals surface area contributed by atoms with Crippen molar-refractivity contribution in [3.05, 3.63) is 29.8 Å². The molecule has 1 aromatic rings. The second kappa shape index (κ2) is 7.74. The van der Waals surface area contributed by atoms with Crippen molar-refractivity contribution in [2.45, 2.75) is 64.0 Å². The van der Waals surface area contributed by atoms with Crippen LogP contribution in [0.1, 0.15) is 64.0 Å². The van der Waals surface area contributed by atoms with Gasteiger partial charge in [-0.2, -0.15) is 0 Å². The number of likely N-dealkylation sites (tertiary alicyclic amines) is 1. The summed E-state index contributed by atoms with van der Waals surface area (Å²) in [5.74, 6) is 1.51. The molecular weight excluding hydrogens is 354 g/mol. The van der Waals surface area contributed by atoms with Crippen molar-refractivity contribution in [1.82, 2.24) is 10.2 Å². The van der Waals surface area contributed by atoms with Gasteiger partial charge in [0.15, 0.2) is 6.67 Å². The van der Waals surface area contributed by atoms with Gasteiger partial charge in [-0.15, -0.1) is 0 Å². The molecule has 2 saturated heterocycles. The summed E-state index contributed by atoms with van der Waals surface area (Å²) in [6.07, 6.45) is 5.74. The van der Waals surface area contributed by atoms with Crippen molar-refractivity contribution in [3.8, 4) is 5.75 Å². The maximum Gasteiger partial charge on any atom is 0.329 e. The number of imide groups is 1. The van der Waals surface area contributed by atoms with Crippen LogP contribution >= 0.6 is 0 Å². The number of urea groups is 1. The van der Waals surface area contributed by atoms with Gasteiger partial charge in [-0.3, -0.25) is 4.79 Å². The molecule has 6 nitrogen and oxygen atoms in total. The minimum absolute atomic E-state index is 0.00533. The van der Waals surface area contributed by atoms with Gasteiger partial charge in [0, 0.05) is 18.4 Å². The lowest BCUT2D eigenvalue weighted by Crippen LogP contribution is -3.12. The number of nitrogens with zero attached hydrogens (tertiary/aromatic N) is 1. The molecule has 2 heterocycles. The number of hydrogen-bond donors (Lipinski definition) is 2. The average Bonchev–Trinajstić information content (AvgIpc) is 3.24. The van der Waals surface area contributed by atoms with E-state index >= 15 is 0 Å². The highest BCUT2D eigenvalue weighted by Gasteiger charge is 2.53. The van der Waals surface area contributed by atoms with E-state index in [1.54, 1.807) is 0 Å². The van der Waals surface area contributed by atoms with E-state index in [1.807, 2.05) is 19.1 Å². The molecule has 3 fully saturated rings. The zero-order valence-electron chi connectivity index (χ0n) is 17.0. The molecule has 1 saturated carbocycles. The molecule has 2 N–H and O–H groups in total. The van der Waals surface area contributed by atoms with Gasteiger partial charge in [0.05, 0.1) is 13.2 Å². The largest absolute Gasteiger partial charge is 0.494 e. The summed E-state index contributed by atoms with van der Waals surface area (Å²) in [4.78, 5) is 28.6. The molecule has 0 aromatic heterocycles. The maximum atomic E-state index is 13.2. The van der Waals surface area contributed by atoms with Crippen molar-refractivity contribution in [1.29, 1.82) is 0 Å². The molecule has 0 radical (unpaired) electrons. The molecule has 1 aliphatic carbocycles. The molecule has 1 spiro atoms. The van der Waals surface area contributed by atoms with E-state index in [-0.39, 0.29) is 11.9 Å². The van der Waals surface area contributed by atoms with Gasteiger partial charge in [0.1, 0.15) is 17.3 Å². The minimum atomic E-state index is -0.641. The molecule has 2 aliphatic heterocycles. The van der Waals surface area contributed by atoms with Crippen LogP contribution in [0.4, 0.5) is 4.79 Å². The second-order valence-electron chi connectivity index (χ2n) is 8.69. The first-order valence-electron chi connectivity index (χ1n) is 10.7. The molecule has 3 aliphatic rings. The Kier molecular flexibility index (Phi) is 5.32. The normalized spacial score (nSPS) is 32.8. The van der Waals surface area contributed by atoms with Gasteiger partial charge in [-0.05, 0) is 62.8 Å². The van der Waals surface area contributed by atoms with Crippen LogP contribution in [0.3, 0.4) is 0 Å². The summed E-state index contributed by atoms with van der Waals surface area (Å²) >= 11 is 0. The number of rotatable bonds is 5. The highest BCUT2D eigenvalue weighted by Crippen LogP contribution is 2.36. The predicted octanol–water partition coefficient (Wildman–Crippen LogP) is 2.26. The lowest BCUT2D eigenvalue weighted by molar-refractivity contribution is -0.925. The predicted molar refractivity (Wildman–Crippen MR) is 106 cm³/mol. The topological polar surface area (TPSA) is 63.1 Å². The lowest BCUT2D eigenvalue weighted by atomic mass is 9.77. The monoisotopic (exact) mass is 386 g/mol. The molecule has 6 heteroatoms. The number of benzene rings is 1. The third-order valence-electron chi connectivity index (χ3n) is 6.81. The first kappa shape index (κ1) is 19.2. The third-order valence-corrected chi connectivity index (χ3v) is 6.81. The van der Waals surface area contributed by atoms with Gasteiger partial charge in [-0.25, -0.2) is 9.69 Å². The number of quaternary nitrogens is 1. The molecule has 28 heavy (non-hydrogen) atoms. The minimum Gasteiger partial charge on any atom is -0.494 e. The summed E-state index contributed by atoms with van der Waals surface area (Å²) < 4.78 is 5.54. The van der Waals surface area contributed by atoms with Crippen molar-refractivity contribution in [3.63, 3.8) is 0 Å². The standard InChI is InChI=1S/C22H31N3O3/c1-3-28-18-8-6-17(7-9-18)19-5-4-14-24(19)15-25-20(26)22(23-21(25)27)12-10-16(2)11-13-22/h6-9,16,19H,3-5,10-15H2,1-2H3,(H,23,27)/p+1/t16?,19-,22?/m1/s1. The highest BCUT2D eigenvalue weighted by molar-refractivity contribution is 6.06. The van der Waals surface area contributed by atoms with Crippen LogP contribution in [-0.4, -0.2) is 42.2 Å². The van der Waals surface area contributed by atoms with Gasteiger partial charge in [-0.1, -0.05) is 6.92 Å². The fourth-order valence-electron chi connectivity index (χ4n) is 5.08. The van der Waals surface area contributed by atoms with E-state index in [1.165, 1.54) is 15.4 Å². The number of amides is 3. The van der Waals surface area contributed by atoms with Crippen molar-refractivity contribution >= 4 is 11.9 Å². The Hall–Kier alpha value is -2.08. The van der Waals surface area contributed by atoms with E-state index in [0.29, 0.717) is 25.2 Å². The average molecular weight is 387 g/mol. The smallest absolute Gasteiger partial charge is 0.329 e. The fourth-order valence-corrected chi connectivity index (χ4v) is 5.08. The Labute approximate surface area is 167 Å². The zero-order valence-corrected chi connectivity index (χ0v) is 17.0. The van der Waals surface area contributed by atoms with E-state index in [2.05, 4.69) is 24.4 Å². The fraction of sp³-hybridized carbons (Fsp3) is 0.636. The zero-order chi connectivity index (χ0) is 19.7. The first-order valence-corrected chi connectivity index (χ1v) is 10.7. The number of nitrogens with one attached hydrogen (secondary N) is 2. The Bertz CT molecular complexity index is 725. The van der Waals surface area contributed by atoms with Gasteiger partial charge < -0.3 is 15.0 Å². The Balaban J connectivity index is 1.45. The number of hydrogen-bond acceptors (Lipinski definition) is 3. The van der Waals surface area contributed by atoms with E-state index in [9.17, 15) is 9.59 Å². The molecule has 4 rings (SSSR count). The summed E-state index contributed by atoms with van der Waals surface area (Å²) in [7, 11) is 0. The Morgan fingerprint density at radius 3 is 2.57 bits per heavy atom. The number of ether oxygens (including phenoxy) is 1. The van der Waals surface area contributed by atoms with E-state index in [0.717, 1.165) is 50.8 Å². The molecule has 0 bridgehead atoms. The quantitative estimate of drug-likeness (QED) is 0.763. The molecule has 1 aromatic carbocycles. The summed E-state index contributed by atoms with van der Waals surface area (Å²) in [6, 6.07) is 8.39. The second-order valence-corrected chi connectivity index (χ2v) is 8.69. The Morgan fingerprint density at radius 1 is 1.18 bits per heavy atom. The lowest BCUT2D eigenvalue weighted by Gasteiger charge is -2.33. The Morgan fingerprint density at radius 2 is 1.89 bits per heavy atom. The first-order chi connectivity index (χ1) is 13.5. The van der Waals surface area contributed by atoms with Gasteiger partial charge >= 0.3 is 6.03 Å². The van der Waals surface area contributed by atoms with Crippen molar-refractivity contribution in [2.24, 2.45) is 5.92 Å². The van der Waals surface area contributed by atoms with Crippen LogP contribution in [0.15, 0.2) is 24.3 Å². The molecular formula is C22H32N3O3+. The van der Waals surface area contributed by atoms with Gasteiger partial charge in [0.25, 0.3) is 5.91 Å². The summed E-state index contributed by atoms with van der Waals surface area (Å²) in [5, 5.41) is 3.05. The van der Waals surface area contributed by atoms with Crippen molar-refractivity contribution < 1.29 is 19.2 Å². The molecule has 152 valence electrons. The van der Waals surface area contributed by atoms with Crippen LogP contribution in [0.25, 0.3) is 0 Å². The summed E-state index contributed by atoms with van der Waals surface area (Å²) in [6.45, 7) is 6.31. The van der Waals surface area contributed by atoms with E-state index in [4.69, 9.17) is 4.74 Å². The SMILES string of the molecule is CCOc1ccc([C@H]2CCC[NH+]2CN2C(=O)NC3(CCC(C)CC3)C2=O)cc1. The molecule has 2 atom stereocenters. The van der Waals surface area contributed by atoms with E-state index < -0.39 is 5.54 Å². The maximum absolute atomic E-state index is 13.2. The van der Waals surface area contributed by atoms with Crippen LogP contribution in [-0.2, 0) is 4.79 Å². The van der Waals surface area contributed by atoms with Crippen molar-refractivity contribution in [2.75, 3.05) is 19.8 Å².